The number of para-hydroxylation sites is 1. The number of aromatic carboxylic acids is 1. The van der Waals surface area contributed by atoms with Gasteiger partial charge >= 0.3 is 12.0 Å². The molecule has 2 aromatic rings. The van der Waals surface area contributed by atoms with Crippen molar-refractivity contribution in [3.05, 3.63) is 48.3 Å². The highest BCUT2D eigenvalue weighted by Gasteiger charge is 2.11. The Morgan fingerprint density at radius 3 is 2.37 bits per heavy atom. The molecule has 1 heterocycles. The summed E-state index contributed by atoms with van der Waals surface area (Å²) < 4.78 is 0. The van der Waals surface area contributed by atoms with Crippen LogP contribution < -0.4 is 10.6 Å². The fourth-order valence-electron chi connectivity index (χ4n) is 1.40. The number of urea groups is 1. The second-order valence-corrected chi connectivity index (χ2v) is 3.50. The summed E-state index contributed by atoms with van der Waals surface area (Å²) in [5.41, 5.74) is 0.204. The molecule has 1 aromatic carbocycles. The zero-order chi connectivity index (χ0) is 13.7. The molecule has 0 radical (unpaired) electrons. The van der Waals surface area contributed by atoms with E-state index in [1.165, 1.54) is 24.5 Å². The summed E-state index contributed by atoms with van der Waals surface area (Å²) >= 11 is 0. The molecule has 96 valence electrons. The van der Waals surface area contributed by atoms with Crippen LogP contribution in [0.2, 0.25) is 0 Å². The molecule has 0 saturated heterocycles. The number of rotatable bonds is 3. The van der Waals surface area contributed by atoms with Crippen molar-refractivity contribution in [3.63, 3.8) is 0 Å². The summed E-state index contributed by atoms with van der Waals surface area (Å²) in [6.45, 7) is 0. The largest absolute Gasteiger partial charge is 0.478 e. The van der Waals surface area contributed by atoms with E-state index in [9.17, 15) is 9.59 Å². The predicted octanol–water partition coefficient (Wildman–Crippen LogP) is 1.82. The molecule has 0 spiro atoms. The van der Waals surface area contributed by atoms with Crippen molar-refractivity contribution in [2.45, 2.75) is 0 Å². The smallest absolute Gasteiger partial charge is 0.337 e. The second kappa shape index (κ2) is 5.58. The second-order valence-electron chi connectivity index (χ2n) is 3.50. The fraction of sp³-hybridized carbons (Fsp3) is 0. The van der Waals surface area contributed by atoms with Crippen LogP contribution in [-0.4, -0.2) is 27.1 Å². The lowest BCUT2D eigenvalue weighted by Gasteiger charge is -2.08. The van der Waals surface area contributed by atoms with Gasteiger partial charge in [0, 0.05) is 12.4 Å². The van der Waals surface area contributed by atoms with E-state index >= 15 is 0 Å². The topological polar surface area (TPSA) is 104 Å². The Balaban J connectivity index is 2.09. The standard InChI is InChI=1S/C12H10N4O3/c17-10(18)8-4-1-2-5-9(8)15-12(19)16-11-13-6-3-7-14-11/h1-7H,(H,17,18)(H2,13,14,15,16,19). The van der Waals surface area contributed by atoms with Crippen molar-refractivity contribution in [2.75, 3.05) is 10.6 Å². The van der Waals surface area contributed by atoms with Gasteiger partial charge in [-0.15, -0.1) is 0 Å². The summed E-state index contributed by atoms with van der Waals surface area (Å²) in [6, 6.07) is 7.10. The van der Waals surface area contributed by atoms with Gasteiger partial charge in [0.1, 0.15) is 0 Å². The van der Waals surface area contributed by atoms with Gasteiger partial charge in [0.2, 0.25) is 5.95 Å². The third-order valence-electron chi connectivity index (χ3n) is 2.20. The molecular weight excluding hydrogens is 248 g/mol. The van der Waals surface area contributed by atoms with Gasteiger partial charge in [0.05, 0.1) is 11.3 Å². The first kappa shape index (κ1) is 12.5. The fourth-order valence-corrected chi connectivity index (χ4v) is 1.40. The Morgan fingerprint density at radius 2 is 1.68 bits per heavy atom. The highest BCUT2D eigenvalue weighted by molar-refractivity contribution is 6.03. The lowest BCUT2D eigenvalue weighted by Crippen LogP contribution is -2.22. The van der Waals surface area contributed by atoms with Crippen LogP contribution in [0, 0.1) is 0 Å². The van der Waals surface area contributed by atoms with Crippen LogP contribution >= 0.6 is 0 Å². The number of hydrogen-bond donors (Lipinski definition) is 3. The zero-order valence-electron chi connectivity index (χ0n) is 9.70. The first-order chi connectivity index (χ1) is 9.16. The van der Waals surface area contributed by atoms with Crippen LogP contribution in [0.3, 0.4) is 0 Å². The number of hydrogen-bond acceptors (Lipinski definition) is 4. The summed E-state index contributed by atoms with van der Waals surface area (Å²) in [4.78, 5) is 30.3. The Morgan fingerprint density at radius 1 is 1.00 bits per heavy atom. The molecule has 0 saturated carbocycles. The van der Waals surface area contributed by atoms with Crippen LogP contribution in [0.5, 0.6) is 0 Å². The predicted molar refractivity (Wildman–Crippen MR) is 68.1 cm³/mol. The van der Waals surface area contributed by atoms with Gasteiger partial charge in [0.15, 0.2) is 0 Å². The third-order valence-corrected chi connectivity index (χ3v) is 2.20. The maximum Gasteiger partial charge on any atom is 0.337 e. The molecule has 7 nitrogen and oxygen atoms in total. The van der Waals surface area contributed by atoms with Crippen molar-refractivity contribution in [2.24, 2.45) is 0 Å². The molecule has 3 N–H and O–H groups in total. The average Bonchev–Trinajstić information content (AvgIpc) is 2.40. The molecule has 2 amide bonds. The maximum atomic E-state index is 11.7. The lowest BCUT2D eigenvalue weighted by molar-refractivity contribution is 0.0698. The van der Waals surface area contributed by atoms with E-state index in [0.717, 1.165) is 0 Å². The number of carbonyl (C=O) groups excluding carboxylic acids is 1. The molecule has 0 unspecified atom stereocenters. The third kappa shape index (κ3) is 3.25. The highest BCUT2D eigenvalue weighted by atomic mass is 16.4. The number of nitrogens with one attached hydrogen (secondary N) is 2. The highest BCUT2D eigenvalue weighted by Crippen LogP contribution is 2.14. The van der Waals surface area contributed by atoms with E-state index in [1.54, 1.807) is 18.2 Å². The number of carbonyl (C=O) groups is 2. The van der Waals surface area contributed by atoms with Crippen molar-refractivity contribution < 1.29 is 14.7 Å². The number of anilines is 2. The Bertz CT molecular complexity index is 601. The molecule has 0 bridgehead atoms. The number of benzene rings is 1. The van der Waals surface area contributed by atoms with Crippen LogP contribution in [0.4, 0.5) is 16.4 Å². The van der Waals surface area contributed by atoms with Gasteiger partial charge in [-0.1, -0.05) is 12.1 Å². The number of amides is 2. The van der Waals surface area contributed by atoms with E-state index in [1.807, 2.05) is 0 Å². The molecule has 1 aromatic heterocycles. The average molecular weight is 258 g/mol. The van der Waals surface area contributed by atoms with Crippen molar-refractivity contribution in [1.29, 1.82) is 0 Å². The van der Waals surface area contributed by atoms with E-state index in [0.29, 0.717) is 0 Å². The Hall–Kier alpha value is -2.96. The summed E-state index contributed by atoms with van der Waals surface area (Å²) in [5, 5.41) is 13.8. The van der Waals surface area contributed by atoms with Crippen LogP contribution in [0.1, 0.15) is 10.4 Å². The van der Waals surface area contributed by atoms with Crippen molar-refractivity contribution in [3.8, 4) is 0 Å². The van der Waals surface area contributed by atoms with Crippen molar-refractivity contribution in [1.82, 2.24) is 9.97 Å². The van der Waals surface area contributed by atoms with Gasteiger partial charge in [-0.2, -0.15) is 0 Å². The molecule has 0 aliphatic heterocycles. The zero-order valence-corrected chi connectivity index (χ0v) is 9.70. The molecule has 7 heteroatoms. The minimum absolute atomic E-state index is 0.00614. The monoisotopic (exact) mass is 258 g/mol. The van der Waals surface area contributed by atoms with E-state index < -0.39 is 12.0 Å². The molecule has 0 aliphatic carbocycles. The summed E-state index contributed by atoms with van der Waals surface area (Å²) in [6.07, 6.45) is 2.96. The maximum absolute atomic E-state index is 11.7. The SMILES string of the molecule is O=C(Nc1ncccn1)Nc1ccccc1C(=O)O. The first-order valence-electron chi connectivity index (χ1n) is 5.34. The van der Waals surface area contributed by atoms with Crippen LogP contribution in [0.15, 0.2) is 42.7 Å². The minimum Gasteiger partial charge on any atom is -0.478 e. The van der Waals surface area contributed by atoms with Crippen LogP contribution in [-0.2, 0) is 0 Å². The van der Waals surface area contributed by atoms with Gasteiger partial charge < -0.3 is 10.4 Å². The molecule has 0 atom stereocenters. The molecule has 19 heavy (non-hydrogen) atoms. The quantitative estimate of drug-likeness (QED) is 0.778. The molecular formula is C12H10N4O3. The van der Waals surface area contributed by atoms with Gasteiger partial charge in [-0.05, 0) is 18.2 Å². The normalized spacial score (nSPS) is 9.68. The van der Waals surface area contributed by atoms with Gasteiger partial charge in [-0.3, -0.25) is 5.32 Å². The number of carboxylic acid groups (broad SMARTS) is 1. The summed E-state index contributed by atoms with van der Waals surface area (Å²) in [5.74, 6) is -0.986. The van der Waals surface area contributed by atoms with E-state index in [4.69, 9.17) is 5.11 Å². The Kier molecular flexibility index (Phi) is 3.67. The van der Waals surface area contributed by atoms with E-state index in [-0.39, 0.29) is 17.2 Å². The van der Waals surface area contributed by atoms with Crippen LogP contribution in [0.25, 0.3) is 0 Å². The number of aromatic nitrogens is 2. The van der Waals surface area contributed by atoms with Crippen molar-refractivity contribution >= 4 is 23.6 Å². The van der Waals surface area contributed by atoms with E-state index in [2.05, 4.69) is 20.6 Å². The number of nitrogens with zero attached hydrogens (tertiary/aromatic N) is 2. The van der Waals surface area contributed by atoms with Gasteiger partial charge in [0.25, 0.3) is 0 Å². The molecule has 2 rings (SSSR count). The lowest BCUT2D eigenvalue weighted by atomic mass is 10.2. The first-order valence-corrected chi connectivity index (χ1v) is 5.34. The van der Waals surface area contributed by atoms with Gasteiger partial charge in [-0.25, -0.2) is 19.6 Å². The molecule has 0 fully saturated rings. The summed E-state index contributed by atoms with van der Waals surface area (Å²) in [7, 11) is 0. The molecule has 0 aliphatic rings. The number of carboxylic acids is 1. The minimum atomic E-state index is -1.12. The Labute approximate surface area is 108 Å².